The van der Waals surface area contributed by atoms with Gasteiger partial charge in [-0.25, -0.2) is 8.42 Å². The zero-order valence-corrected chi connectivity index (χ0v) is 22.3. The maximum atomic E-state index is 13.6. The van der Waals surface area contributed by atoms with Crippen LogP contribution in [0.5, 0.6) is 0 Å². The summed E-state index contributed by atoms with van der Waals surface area (Å²) < 4.78 is 26.2. The third kappa shape index (κ3) is 7.61. The van der Waals surface area contributed by atoms with Crippen molar-refractivity contribution >= 4 is 50.7 Å². The molecule has 0 saturated carbocycles. The molecule has 0 aliphatic rings. The summed E-state index contributed by atoms with van der Waals surface area (Å²) in [7, 11) is -3.89. The third-order valence-corrected chi connectivity index (χ3v) is 6.83. The topological polar surface area (TPSA) is 86.8 Å². The minimum atomic E-state index is -3.89. The molecule has 0 heterocycles. The number of nitrogens with zero attached hydrogens (tertiary/aromatic N) is 2. The number of amides is 2. The number of carbonyl (C=O) groups is 2. The van der Waals surface area contributed by atoms with Crippen LogP contribution in [0.25, 0.3) is 0 Å². The van der Waals surface area contributed by atoms with Gasteiger partial charge in [-0.3, -0.25) is 13.9 Å². The van der Waals surface area contributed by atoms with Gasteiger partial charge in [0.05, 0.1) is 17.0 Å². The highest BCUT2D eigenvalue weighted by Crippen LogP contribution is 2.31. The fraction of sp³-hybridized carbons (Fsp3) is 0.417. The van der Waals surface area contributed by atoms with E-state index in [0.717, 1.165) is 21.7 Å². The maximum Gasteiger partial charge on any atom is 0.244 e. The van der Waals surface area contributed by atoms with Crippen molar-refractivity contribution in [2.75, 3.05) is 17.1 Å². The maximum absolute atomic E-state index is 13.6. The summed E-state index contributed by atoms with van der Waals surface area (Å²) in [6.07, 6.45) is 1.34. The van der Waals surface area contributed by atoms with Crippen LogP contribution in [0.1, 0.15) is 38.3 Å². The largest absolute Gasteiger partial charge is 0.352 e. The Morgan fingerprint density at radius 2 is 1.68 bits per heavy atom. The molecule has 0 aliphatic heterocycles. The lowest BCUT2D eigenvalue weighted by atomic mass is 10.1. The standard InChI is InChI=1S/C24H31Cl2N3O4S/c1-6-21(24(31)27-16(2)3)28(14-18-9-7-17(4)8-10-18)23(30)15-29(34(5,32)33)22-13-19(25)11-12-20(22)26/h7-13,16,21H,6,14-15H2,1-5H3,(H,27,31)/t21-/m0/s1. The molecule has 34 heavy (non-hydrogen) atoms. The molecule has 0 spiro atoms. The zero-order chi connectivity index (χ0) is 25.6. The Morgan fingerprint density at radius 3 is 2.21 bits per heavy atom. The molecule has 2 aromatic carbocycles. The average Bonchev–Trinajstić information content (AvgIpc) is 2.73. The number of rotatable bonds is 10. The highest BCUT2D eigenvalue weighted by atomic mass is 35.5. The Kier molecular flexibility index (Phi) is 9.79. The predicted molar refractivity (Wildman–Crippen MR) is 138 cm³/mol. The first-order valence-electron chi connectivity index (χ1n) is 10.9. The Labute approximate surface area is 212 Å². The molecule has 0 aromatic heterocycles. The first-order valence-corrected chi connectivity index (χ1v) is 13.5. The summed E-state index contributed by atoms with van der Waals surface area (Å²) in [6.45, 7) is 7.05. The number of halogens is 2. The number of benzene rings is 2. The lowest BCUT2D eigenvalue weighted by Gasteiger charge is -2.33. The van der Waals surface area contributed by atoms with Crippen LogP contribution in [0.15, 0.2) is 42.5 Å². The molecule has 1 atom stereocenters. The SMILES string of the molecule is CC[C@@H](C(=O)NC(C)C)N(Cc1ccc(C)cc1)C(=O)CN(c1cc(Cl)ccc1Cl)S(C)(=O)=O. The van der Waals surface area contributed by atoms with Crippen LogP contribution >= 0.6 is 23.2 Å². The monoisotopic (exact) mass is 527 g/mol. The van der Waals surface area contributed by atoms with E-state index < -0.39 is 28.5 Å². The van der Waals surface area contributed by atoms with Crippen LogP contribution in [-0.2, 0) is 26.2 Å². The highest BCUT2D eigenvalue weighted by molar-refractivity contribution is 7.92. The Hall–Kier alpha value is -2.29. The van der Waals surface area contributed by atoms with E-state index in [1.54, 1.807) is 0 Å². The molecule has 0 saturated heterocycles. The van der Waals surface area contributed by atoms with Crippen molar-refractivity contribution < 1.29 is 18.0 Å². The molecule has 0 unspecified atom stereocenters. The number of carbonyl (C=O) groups excluding carboxylic acids is 2. The Bertz CT molecular complexity index is 1120. The van der Waals surface area contributed by atoms with E-state index >= 15 is 0 Å². The van der Waals surface area contributed by atoms with Gasteiger partial charge in [0, 0.05) is 17.6 Å². The molecule has 10 heteroatoms. The first-order chi connectivity index (χ1) is 15.8. The summed E-state index contributed by atoms with van der Waals surface area (Å²) in [5.41, 5.74) is 1.98. The summed E-state index contributed by atoms with van der Waals surface area (Å²) in [5.74, 6) is -0.836. The second kappa shape index (κ2) is 11.9. The van der Waals surface area contributed by atoms with Crippen LogP contribution in [0, 0.1) is 6.92 Å². The summed E-state index contributed by atoms with van der Waals surface area (Å²) in [4.78, 5) is 28.0. The molecular formula is C24H31Cl2N3O4S. The van der Waals surface area contributed by atoms with Gasteiger partial charge in [0.1, 0.15) is 12.6 Å². The molecule has 0 aliphatic carbocycles. The van der Waals surface area contributed by atoms with Gasteiger partial charge in [-0.05, 0) is 51.0 Å². The normalized spacial score (nSPS) is 12.4. The predicted octanol–water partition coefficient (Wildman–Crippen LogP) is 4.40. The smallest absolute Gasteiger partial charge is 0.244 e. The van der Waals surface area contributed by atoms with Gasteiger partial charge in [-0.15, -0.1) is 0 Å². The van der Waals surface area contributed by atoms with E-state index in [0.29, 0.717) is 6.42 Å². The van der Waals surface area contributed by atoms with Crippen LogP contribution < -0.4 is 9.62 Å². The fourth-order valence-corrected chi connectivity index (χ4v) is 4.75. The molecule has 7 nitrogen and oxygen atoms in total. The summed E-state index contributed by atoms with van der Waals surface area (Å²) in [6, 6.07) is 11.1. The van der Waals surface area contributed by atoms with E-state index in [9.17, 15) is 18.0 Å². The number of sulfonamides is 1. The zero-order valence-electron chi connectivity index (χ0n) is 20.0. The van der Waals surface area contributed by atoms with Gasteiger partial charge in [0.25, 0.3) is 0 Å². The molecule has 0 fully saturated rings. The van der Waals surface area contributed by atoms with Gasteiger partial charge in [-0.1, -0.05) is 60.0 Å². The van der Waals surface area contributed by atoms with Gasteiger partial charge in [0.2, 0.25) is 21.8 Å². The third-order valence-electron chi connectivity index (χ3n) is 5.15. The fourth-order valence-electron chi connectivity index (χ4n) is 3.46. The van der Waals surface area contributed by atoms with Crippen molar-refractivity contribution in [1.82, 2.24) is 10.2 Å². The van der Waals surface area contributed by atoms with Crippen LogP contribution in [0.3, 0.4) is 0 Å². The van der Waals surface area contributed by atoms with Crippen LogP contribution in [0.4, 0.5) is 5.69 Å². The summed E-state index contributed by atoms with van der Waals surface area (Å²) >= 11 is 12.3. The van der Waals surface area contributed by atoms with Gasteiger partial charge >= 0.3 is 0 Å². The number of aryl methyl sites for hydroxylation is 1. The molecule has 2 amide bonds. The molecule has 1 N–H and O–H groups in total. The Morgan fingerprint density at radius 1 is 1.06 bits per heavy atom. The van der Waals surface area contributed by atoms with Gasteiger partial charge in [0.15, 0.2) is 0 Å². The van der Waals surface area contributed by atoms with Crippen molar-refractivity contribution in [3.8, 4) is 0 Å². The minimum absolute atomic E-state index is 0.0972. The number of nitrogens with one attached hydrogen (secondary N) is 1. The molecule has 0 bridgehead atoms. The highest BCUT2D eigenvalue weighted by Gasteiger charge is 2.32. The quantitative estimate of drug-likeness (QED) is 0.495. The van der Waals surface area contributed by atoms with E-state index in [4.69, 9.17) is 23.2 Å². The van der Waals surface area contributed by atoms with Crippen molar-refractivity contribution in [1.29, 1.82) is 0 Å². The van der Waals surface area contributed by atoms with E-state index in [1.807, 2.05) is 52.0 Å². The van der Waals surface area contributed by atoms with Crippen molar-refractivity contribution in [3.05, 3.63) is 63.6 Å². The molecule has 2 rings (SSSR count). The minimum Gasteiger partial charge on any atom is -0.352 e. The van der Waals surface area contributed by atoms with Gasteiger partial charge in [-0.2, -0.15) is 0 Å². The van der Waals surface area contributed by atoms with E-state index in [2.05, 4.69) is 5.32 Å². The van der Waals surface area contributed by atoms with Crippen molar-refractivity contribution in [2.24, 2.45) is 0 Å². The second-order valence-corrected chi connectivity index (χ2v) is 11.2. The molecule has 186 valence electrons. The Balaban J connectivity index is 2.48. The van der Waals surface area contributed by atoms with Gasteiger partial charge < -0.3 is 10.2 Å². The van der Waals surface area contributed by atoms with Crippen molar-refractivity contribution in [2.45, 2.75) is 52.7 Å². The van der Waals surface area contributed by atoms with E-state index in [1.165, 1.54) is 23.1 Å². The van der Waals surface area contributed by atoms with Crippen molar-refractivity contribution in [3.63, 3.8) is 0 Å². The lowest BCUT2D eigenvalue weighted by molar-refractivity contribution is -0.140. The lowest BCUT2D eigenvalue weighted by Crippen LogP contribution is -2.53. The number of hydrogen-bond acceptors (Lipinski definition) is 4. The summed E-state index contributed by atoms with van der Waals surface area (Å²) in [5, 5.41) is 3.27. The van der Waals surface area contributed by atoms with Crippen LogP contribution in [0.2, 0.25) is 10.0 Å². The number of anilines is 1. The molecular weight excluding hydrogens is 497 g/mol. The van der Waals surface area contributed by atoms with E-state index in [-0.39, 0.29) is 34.2 Å². The first kappa shape index (κ1) is 28.0. The second-order valence-electron chi connectivity index (χ2n) is 8.46. The van der Waals surface area contributed by atoms with Crippen LogP contribution in [-0.4, -0.2) is 50.0 Å². The average molecular weight is 529 g/mol. The molecule has 2 aromatic rings. The molecule has 0 radical (unpaired) electrons. The number of hydrogen-bond donors (Lipinski definition) is 1.